The molecule has 0 amide bonds. The largest absolute Gasteiger partial charge is 0.381 e. The van der Waals surface area contributed by atoms with Crippen LogP contribution in [0.25, 0.3) is 0 Å². The van der Waals surface area contributed by atoms with Crippen LogP contribution in [0.5, 0.6) is 0 Å². The minimum absolute atomic E-state index is 0.242. The van der Waals surface area contributed by atoms with E-state index in [1.165, 1.54) is 12.8 Å². The van der Waals surface area contributed by atoms with E-state index in [1.807, 2.05) is 6.92 Å². The van der Waals surface area contributed by atoms with Gasteiger partial charge in [-0.2, -0.15) is 0 Å². The van der Waals surface area contributed by atoms with Crippen molar-refractivity contribution in [3.8, 4) is 0 Å². The summed E-state index contributed by atoms with van der Waals surface area (Å²) in [6, 6.07) is 0. The number of allylic oxidation sites excluding steroid dienone is 1. The molecule has 2 unspecified atom stereocenters. The molecule has 0 N–H and O–H groups in total. The van der Waals surface area contributed by atoms with Gasteiger partial charge in [-0.05, 0) is 31.8 Å². The number of aldehydes is 1. The summed E-state index contributed by atoms with van der Waals surface area (Å²) in [5, 5.41) is 0. The van der Waals surface area contributed by atoms with E-state index in [0.717, 1.165) is 18.3 Å². The van der Waals surface area contributed by atoms with Crippen LogP contribution in [0.15, 0.2) is 11.6 Å². The first-order valence-electron chi connectivity index (χ1n) is 5.29. The van der Waals surface area contributed by atoms with Gasteiger partial charge in [0, 0.05) is 7.11 Å². The number of rotatable bonds is 7. The van der Waals surface area contributed by atoms with Crippen molar-refractivity contribution in [2.75, 3.05) is 7.11 Å². The Labute approximate surface area is 87.3 Å². The molecule has 2 heteroatoms. The number of hydrogen-bond donors (Lipinski definition) is 0. The fraction of sp³-hybridized carbons (Fsp3) is 0.750. The minimum atomic E-state index is 0.242. The summed E-state index contributed by atoms with van der Waals surface area (Å²) in [5.74, 6) is 0.556. The van der Waals surface area contributed by atoms with Gasteiger partial charge >= 0.3 is 0 Å². The second-order valence-electron chi connectivity index (χ2n) is 3.89. The number of methoxy groups -OCH3 is 1. The second-order valence-corrected chi connectivity index (χ2v) is 3.89. The summed E-state index contributed by atoms with van der Waals surface area (Å²) >= 11 is 0. The molecule has 0 saturated carbocycles. The van der Waals surface area contributed by atoms with Crippen molar-refractivity contribution in [2.24, 2.45) is 5.92 Å². The molecule has 0 aliphatic heterocycles. The molecule has 14 heavy (non-hydrogen) atoms. The van der Waals surface area contributed by atoms with Crippen LogP contribution in [0.4, 0.5) is 0 Å². The van der Waals surface area contributed by atoms with Gasteiger partial charge in [0.15, 0.2) is 0 Å². The van der Waals surface area contributed by atoms with E-state index in [2.05, 4.69) is 13.8 Å². The fourth-order valence-electron chi connectivity index (χ4n) is 1.66. The van der Waals surface area contributed by atoms with Crippen molar-refractivity contribution >= 4 is 6.29 Å². The van der Waals surface area contributed by atoms with E-state index in [-0.39, 0.29) is 6.10 Å². The van der Waals surface area contributed by atoms with Gasteiger partial charge < -0.3 is 4.74 Å². The van der Waals surface area contributed by atoms with Crippen molar-refractivity contribution < 1.29 is 9.53 Å². The van der Waals surface area contributed by atoms with Crippen LogP contribution in [0.2, 0.25) is 0 Å². The lowest BCUT2D eigenvalue weighted by atomic mass is 9.94. The zero-order chi connectivity index (χ0) is 11.0. The molecule has 0 aliphatic rings. The Kier molecular flexibility index (Phi) is 7.40. The number of carbonyl (C=O) groups is 1. The van der Waals surface area contributed by atoms with Gasteiger partial charge in [-0.15, -0.1) is 0 Å². The Morgan fingerprint density at radius 1 is 1.50 bits per heavy atom. The fourth-order valence-corrected chi connectivity index (χ4v) is 1.66. The van der Waals surface area contributed by atoms with Crippen molar-refractivity contribution in [1.82, 2.24) is 0 Å². The van der Waals surface area contributed by atoms with Crippen LogP contribution < -0.4 is 0 Å². The Morgan fingerprint density at radius 2 is 2.14 bits per heavy atom. The Hall–Kier alpha value is -0.630. The van der Waals surface area contributed by atoms with Crippen LogP contribution in [0, 0.1) is 5.92 Å². The monoisotopic (exact) mass is 198 g/mol. The highest BCUT2D eigenvalue weighted by Crippen LogP contribution is 2.19. The zero-order valence-corrected chi connectivity index (χ0v) is 9.75. The molecule has 82 valence electrons. The predicted octanol–water partition coefficient (Wildman–Crippen LogP) is 2.97. The van der Waals surface area contributed by atoms with E-state index in [9.17, 15) is 4.79 Å². The zero-order valence-electron chi connectivity index (χ0n) is 9.75. The second kappa shape index (κ2) is 7.74. The standard InChI is InChI=1S/C12H22O2/c1-5-6-11(3)12(14-4)9-10(2)7-8-13/h7-8,11-12H,5-6,9H2,1-4H3. The average molecular weight is 198 g/mol. The molecule has 0 aliphatic carbocycles. The summed E-state index contributed by atoms with van der Waals surface area (Å²) in [6.45, 7) is 6.35. The molecule has 2 atom stereocenters. The molecule has 2 nitrogen and oxygen atoms in total. The lowest BCUT2D eigenvalue weighted by Crippen LogP contribution is -2.20. The lowest BCUT2D eigenvalue weighted by Gasteiger charge is -2.22. The molecule has 0 aromatic carbocycles. The van der Waals surface area contributed by atoms with E-state index in [0.29, 0.717) is 5.92 Å². The van der Waals surface area contributed by atoms with Crippen LogP contribution >= 0.6 is 0 Å². The maximum Gasteiger partial charge on any atom is 0.142 e. The molecule has 0 heterocycles. The van der Waals surface area contributed by atoms with Crippen LogP contribution in [0.3, 0.4) is 0 Å². The van der Waals surface area contributed by atoms with Gasteiger partial charge in [0.05, 0.1) is 6.10 Å². The molecule has 0 rings (SSSR count). The summed E-state index contributed by atoms with van der Waals surface area (Å²) in [4.78, 5) is 10.3. The number of ether oxygens (including phenoxy) is 1. The number of carbonyl (C=O) groups excluding carboxylic acids is 1. The molecule has 0 bridgehead atoms. The molecular formula is C12H22O2. The first-order chi connectivity index (χ1) is 6.65. The third kappa shape index (κ3) is 5.18. The first-order valence-corrected chi connectivity index (χ1v) is 5.29. The molecule has 0 saturated heterocycles. The summed E-state index contributed by atoms with van der Waals surface area (Å²) < 4.78 is 5.42. The first kappa shape index (κ1) is 13.4. The van der Waals surface area contributed by atoms with Gasteiger partial charge in [-0.1, -0.05) is 25.8 Å². The normalized spacial score (nSPS) is 16.4. The molecule has 0 spiro atoms. The van der Waals surface area contributed by atoms with E-state index in [4.69, 9.17) is 4.74 Å². The van der Waals surface area contributed by atoms with E-state index in [1.54, 1.807) is 13.2 Å². The highest BCUT2D eigenvalue weighted by atomic mass is 16.5. The summed E-state index contributed by atoms with van der Waals surface area (Å²) in [5.41, 5.74) is 1.09. The van der Waals surface area contributed by atoms with Gasteiger partial charge in [0.1, 0.15) is 6.29 Å². The van der Waals surface area contributed by atoms with E-state index < -0.39 is 0 Å². The van der Waals surface area contributed by atoms with Crippen LogP contribution in [0.1, 0.15) is 40.0 Å². The highest BCUT2D eigenvalue weighted by molar-refractivity contribution is 5.65. The summed E-state index contributed by atoms with van der Waals surface area (Å²) in [7, 11) is 1.74. The Balaban J connectivity index is 4.13. The topological polar surface area (TPSA) is 26.3 Å². The third-order valence-corrected chi connectivity index (χ3v) is 2.56. The van der Waals surface area contributed by atoms with E-state index >= 15 is 0 Å². The number of hydrogen-bond acceptors (Lipinski definition) is 2. The van der Waals surface area contributed by atoms with Crippen LogP contribution in [-0.4, -0.2) is 19.5 Å². The maximum atomic E-state index is 10.3. The quantitative estimate of drug-likeness (QED) is 0.464. The van der Waals surface area contributed by atoms with Crippen LogP contribution in [-0.2, 0) is 9.53 Å². The average Bonchev–Trinajstić information content (AvgIpc) is 2.15. The predicted molar refractivity (Wildman–Crippen MR) is 59.3 cm³/mol. The maximum absolute atomic E-state index is 10.3. The van der Waals surface area contributed by atoms with Crippen molar-refractivity contribution in [3.63, 3.8) is 0 Å². The smallest absolute Gasteiger partial charge is 0.142 e. The molecule has 0 fully saturated rings. The van der Waals surface area contributed by atoms with Gasteiger partial charge in [0.25, 0.3) is 0 Å². The van der Waals surface area contributed by atoms with Crippen molar-refractivity contribution in [2.45, 2.75) is 46.1 Å². The Bertz CT molecular complexity index is 185. The van der Waals surface area contributed by atoms with Gasteiger partial charge in [-0.3, -0.25) is 4.79 Å². The van der Waals surface area contributed by atoms with Crippen molar-refractivity contribution in [1.29, 1.82) is 0 Å². The molecule has 0 radical (unpaired) electrons. The summed E-state index contributed by atoms with van der Waals surface area (Å²) in [6.07, 6.45) is 5.91. The highest BCUT2D eigenvalue weighted by Gasteiger charge is 2.15. The minimum Gasteiger partial charge on any atom is -0.381 e. The lowest BCUT2D eigenvalue weighted by molar-refractivity contribution is -0.104. The van der Waals surface area contributed by atoms with Gasteiger partial charge in [0.2, 0.25) is 0 Å². The Morgan fingerprint density at radius 3 is 2.57 bits per heavy atom. The molecule has 0 aromatic heterocycles. The van der Waals surface area contributed by atoms with Gasteiger partial charge in [-0.25, -0.2) is 0 Å². The third-order valence-electron chi connectivity index (χ3n) is 2.56. The van der Waals surface area contributed by atoms with Crippen molar-refractivity contribution in [3.05, 3.63) is 11.6 Å². The molecule has 0 aromatic rings. The molecular weight excluding hydrogens is 176 g/mol. The SMILES string of the molecule is CCCC(C)C(CC(C)=CC=O)OC.